The number of fused-ring (bicyclic) bond motifs is 3. The second-order valence-electron chi connectivity index (χ2n) is 5.23. The summed E-state index contributed by atoms with van der Waals surface area (Å²) in [6, 6.07) is 8.31. The van der Waals surface area contributed by atoms with Crippen molar-refractivity contribution in [1.29, 1.82) is 0 Å². The normalized spacial score (nSPS) is 18.3. The van der Waals surface area contributed by atoms with E-state index in [0.717, 1.165) is 25.7 Å². The van der Waals surface area contributed by atoms with Crippen molar-refractivity contribution in [2.45, 2.75) is 32.6 Å². The molecule has 1 aromatic heterocycles. The summed E-state index contributed by atoms with van der Waals surface area (Å²) in [5, 5.41) is 1.26. The Bertz CT molecular complexity index is 600. The summed E-state index contributed by atoms with van der Waals surface area (Å²) in [6.45, 7) is 2.56. The number of H-pyrrole nitrogens is 1. The van der Waals surface area contributed by atoms with E-state index in [4.69, 9.17) is 4.74 Å². The molecular weight excluding hydrogens is 238 g/mol. The molecule has 0 fully saturated rings. The van der Waals surface area contributed by atoms with E-state index >= 15 is 0 Å². The van der Waals surface area contributed by atoms with Crippen LogP contribution in [0, 0.1) is 5.92 Å². The van der Waals surface area contributed by atoms with Gasteiger partial charge in [0.15, 0.2) is 0 Å². The van der Waals surface area contributed by atoms with Gasteiger partial charge in [0, 0.05) is 16.6 Å². The monoisotopic (exact) mass is 257 g/mol. The van der Waals surface area contributed by atoms with E-state index in [-0.39, 0.29) is 11.9 Å². The van der Waals surface area contributed by atoms with Crippen LogP contribution in [0.25, 0.3) is 10.9 Å². The Morgan fingerprint density at radius 1 is 1.42 bits per heavy atom. The fourth-order valence-corrected chi connectivity index (χ4v) is 2.89. The Labute approximate surface area is 113 Å². The molecule has 0 saturated heterocycles. The van der Waals surface area contributed by atoms with Crippen LogP contribution < -0.4 is 0 Å². The second-order valence-corrected chi connectivity index (χ2v) is 5.23. The van der Waals surface area contributed by atoms with Crippen molar-refractivity contribution in [3.63, 3.8) is 0 Å². The highest BCUT2D eigenvalue weighted by molar-refractivity contribution is 5.86. The molecule has 1 aliphatic carbocycles. The van der Waals surface area contributed by atoms with Gasteiger partial charge in [-0.15, -0.1) is 0 Å². The number of rotatable bonds is 3. The predicted molar refractivity (Wildman–Crippen MR) is 75.1 cm³/mol. The maximum atomic E-state index is 12.0. The number of aryl methyl sites for hydroxylation is 1. The van der Waals surface area contributed by atoms with Crippen molar-refractivity contribution in [3.8, 4) is 0 Å². The third kappa shape index (κ3) is 2.25. The lowest BCUT2D eigenvalue weighted by molar-refractivity contribution is -0.148. The van der Waals surface area contributed by atoms with Crippen LogP contribution in [0.15, 0.2) is 24.3 Å². The number of benzene rings is 1. The quantitative estimate of drug-likeness (QED) is 0.858. The first-order valence-electron chi connectivity index (χ1n) is 7.04. The van der Waals surface area contributed by atoms with Gasteiger partial charge in [0.25, 0.3) is 0 Å². The lowest BCUT2D eigenvalue weighted by Gasteiger charge is -2.21. The zero-order valence-corrected chi connectivity index (χ0v) is 11.2. The predicted octanol–water partition coefficient (Wildman–Crippen LogP) is 3.23. The molecule has 0 radical (unpaired) electrons. The van der Waals surface area contributed by atoms with Gasteiger partial charge in [0.05, 0.1) is 12.5 Å². The van der Waals surface area contributed by atoms with E-state index in [1.165, 1.54) is 22.2 Å². The van der Waals surface area contributed by atoms with Crippen LogP contribution >= 0.6 is 0 Å². The molecule has 3 rings (SSSR count). The number of carbonyl (C=O) groups is 1. The number of nitrogens with one attached hydrogen (secondary N) is 1. The Morgan fingerprint density at radius 3 is 3.11 bits per heavy atom. The molecule has 0 amide bonds. The van der Waals surface area contributed by atoms with Gasteiger partial charge in [0.2, 0.25) is 0 Å². The molecule has 2 aromatic rings. The summed E-state index contributed by atoms with van der Waals surface area (Å²) in [4.78, 5) is 15.5. The van der Waals surface area contributed by atoms with Gasteiger partial charge in [-0.05, 0) is 37.3 Å². The van der Waals surface area contributed by atoms with Crippen LogP contribution in [0.3, 0.4) is 0 Å². The standard InChI is InChI=1S/C16H19NO2/c1-2-9-19-16(18)11-7-8-15-13(10-11)12-5-3-4-6-14(12)17-15/h3-6,11,17H,2,7-10H2,1H3/t11-/m1/s1. The molecule has 3 heteroatoms. The molecule has 1 atom stereocenters. The van der Waals surface area contributed by atoms with Crippen LogP contribution in [0.5, 0.6) is 0 Å². The molecule has 100 valence electrons. The van der Waals surface area contributed by atoms with Crippen LogP contribution in [-0.4, -0.2) is 17.6 Å². The maximum Gasteiger partial charge on any atom is 0.309 e. The number of hydrogen-bond acceptors (Lipinski definition) is 2. The summed E-state index contributed by atoms with van der Waals surface area (Å²) < 4.78 is 5.29. The first kappa shape index (κ1) is 12.3. The van der Waals surface area contributed by atoms with E-state index in [9.17, 15) is 4.79 Å². The lowest BCUT2D eigenvalue weighted by Crippen LogP contribution is -2.24. The largest absolute Gasteiger partial charge is 0.465 e. The molecule has 1 aromatic carbocycles. The van der Waals surface area contributed by atoms with Crippen molar-refractivity contribution in [3.05, 3.63) is 35.5 Å². The van der Waals surface area contributed by atoms with Crippen molar-refractivity contribution >= 4 is 16.9 Å². The van der Waals surface area contributed by atoms with E-state index in [2.05, 4.69) is 23.2 Å². The summed E-state index contributed by atoms with van der Waals surface area (Å²) in [5.41, 5.74) is 3.77. The molecule has 1 heterocycles. The molecule has 0 aliphatic heterocycles. The molecule has 3 nitrogen and oxygen atoms in total. The summed E-state index contributed by atoms with van der Waals surface area (Å²) in [5.74, 6) is -0.00367. The third-order valence-corrected chi connectivity index (χ3v) is 3.88. The molecule has 0 saturated carbocycles. The van der Waals surface area contributed by atoms with Gasteiger partial charge in [-0.1, -0.05) is 25.1 Å². The van der Waals surface area contributed by atoms with Crippen molar-refractivity contribution in [2.24, 2.45) is 5.92 Å². The van der Waals surface area contributed by atoms with E-state index in [1.807, 2.05) is 13.0 Å². The van der Waals surface area contributed by atoms with Crippen LogP contribution in [0.2, 0.25) is 0 Å². The Kier molecular flexibility index (Phi) is 3.28. The second kappa shape index (κ2) is 5.08. The molecule has 0 unspecified atom stereocenters. The number of ether oxygens (including phenoxy) is 1. The SMILES string of the molecule is CCCOC(=O)[C@@H]1CCc2[nH]c3ccccc3c2C1. The van der Waals surface area contributed by atoms with Crippen molar-refractivity contribution < 1.29 is 9.53 Å². The smallest absolute Gasteiger partial charge is 0.309 e. The molecule has 1 aliphatic rings. The number of para-hydroxylation sites is 1. The van der Waals surface area contributed by atoms with Gasteiger partial charge in [-0.25, -0.2) is 0 Å². The first-order valence-corrected chi connectivity index (χ1v) is 7.04. The molecule has 19 heavy (non-hydrogen) atoms. The van der Waals surface area contributed by atoms with Gasteiger partial charge in [0.1, 0.15) is 0 Å². The van der Waals surface area contributed by atoms with Gasteiger partial charge < -0.3 is 9.72 Å². The number of aromatic nitrogens is 1. The van der Waals surface area contributed by atoms with E-state index in [0.29, 0.717) is 6.61 Å². The lowest BCUT2D eigenvalue weighted by atomic mass is 9.86. The minimum Gasteiger partial charge on any atom is -0.465 e. The zero-order chi connectivity index (χ0) is 13.2. The maximum absolute atomic E-state index is 12.0. The first-order chi connectivity index (χ1) is 9.29. The zero-order valence-electron chi connectivity index (χ0n) is 11.2. The van der Waals surface area contributed by atoms with E-state index < -0.39 is 0 Å². The van der Waals surface area contributed by atoms with Gasteiger partial charge in [-0.2, -0.15) is 0 Å². The van der Waals surface area contributed by atoms with Crippen LogP contribution in [0.1, 0.15) is 31.0 Å². The molecule has 0 bridgehead atoms. The van der Waals surface area contributed by atoms with E-state index in [1.54, 1.807) is 0 Å². The van der Waals surface area contributed by atoms with Crippen LogP contribution in [-0.2, 0) is 22.4 Å². The average molecular weight is 257 g/mol. The Hall–Kier alpha value is -1.77. The highest BCUT2D eigenvalue weighted by Gasteiger charge is 2.28. The minimum atomic E-state index is -0.0298. The fourth-order valence-electron chi connectivity index (χ4n) is 2.89. The van der Waals surface area contributed by atoms with Gasteiger partial charge >= 0.3 is 5.97 Å². The Morgan fingerprint density at radius 2 is 2.26 bits per heavy atom. The topological polar surface area (TPSA) is 42.1 Å². The minimum absolute atomic E-state index is 0.0262. The highest BCUT2D eigenvalue weighted by Crippen LogP contribution is 2.32. The van der Waals surface area contributed by atoms with Crippen LogP contribution in [0.4, 0.5) is 0 Å². The van der Waals surface area contributed by atoms with Gasteiger partial charge in [-0.3, -0.25) is 4.79 Å². The highest BCUT2D eigenvalue weighted by atomic mass is 16.5. The summed E-state index contributed by atoms with van der Waals surface area (Å²) >= 11 is 0. The fraction of sp³-hybridized carbons (Fsp3) is 0.438. The summed E-state index contributed by atoms with van der Waals surface area (Å²) in [6.07, 6.45) is 3.52. The Balaban J connectivity index is 1.84. The number of carbonyl (C=O) groups excluding carboxylic acids is 1. The summed E-state index contributed by atoms with van der Waals surface area (Å²) in [7, 11) is 0. The number of esters is 1. The van der Waals surface area contributed by atoms with Crippen molar-refractivity contribution in [2.75, 3.05) is 6.61 Å². The van der Waals surface area contributed by atoms with Crippen molar-refractivity contribution in [1.82, 2.24) is 4.98 Å². The number of aromatic amines is 1. The molecule has 0 spiro atoms. The molecular formula is C16H19NO2. The number of hydrogen-bond donors (Lipinski definition) is 1. The molecule has 1 N–H and O–H groups in total. The third-order valence-electron chi connectivity index (χ3n) is 3.88. The average Bonchev–Trinajstić information content (AvgIpc) is 2.82.